The highest BCUT2D eigenvalue weighted by atomic mass is 31.2. The maximum Gasteiger partial charge on any atom is 0.326 e. The highest BCUT2D eigenvalue weighted by molar-refractivity contribution is 7.52. The number of nitrogens with one attached hydrogen (secondary N) is 3. The van der Waals surface area contributed by atoms with Crippen LogP contribution in [0.4, 0.5) is 0 Å². The minimum absolute atomic E-state index is 0.0562. The lowest BCUT2D eigenvalue weighted by atomic mass is 10.4. The van der Waals surface area contributed by atoms with Gasteiger partial charge in [0.05, 0.1) is 50.2 Å². The van der Waals surface area contributed by atoms with Crippen molar-refractivity contribution in [2.75, 3.05) is 45.0 Å². The normalized spacial score (nSPS) is 12.0. The van der Waals surface area contributed by atoms with Crippen molar-refractivity contribution >= 4 is 37.5 Å². The number of nitriles is 1. The summed E-state index contributed by atoms with van der Waals surface area (Å²) in [5.74, 6) is 0. The summed E-state index contributed by atoms with van der Waals surface area (Å²) in [6.07, 6.45) is 5.07. The lowest BCUT2D eigenvalue weighted by molar-refractivity contribution is 0.297. The highest BCUT2D eigenvalue weighted by Crippen LogP contribution is 2.33. The topological polar surface area (TPSA) is 281 Å². The molecule has 0 spiro atoms. The summed E-state index contributed by atoms with van der Waals surface area (Å²) in [4.78, 5) is 80.6. The molecule has 4 aromatic rings. The molecule has 0 unspecified atom stereocenters. The van der Waals surface area contributed by atoms with Crippen LogP contribution in [-0.4, -0.2) is 109 Å². The molecule has 4 aromatic heterocycles. The number of nitrogens with zero attached hydrogens (tertiary/aromatic N) is 8. The molecule has 0 saturated carbocycles. The second kappa shape index (κ2) is 14.3. The molecule has 0 aliphatic rings. The number of aromatic nitrogens is 8. The highest BCUT2D eigenvalue weighted by Gasteiger charge is 2.16. The van der Waals surface area contributed by atoms with Crippen LogP contribution < -0.4 is 16.4 Å². The molecular weight excluding hydrogens is 584 g/mol. The minimum atomic E-state index is -4.10. The number of aromatic amines is 2. The van der Waals surface area contributed by atoms with Gasteiger partial charge in [-0.05, 0) is 0 Å². The Labute approximate surface area is 231 Å². The van der Waals surface area contributed by atoms with E-state index in [0.717, 1.165) is 0 Å². The summed E-state index contributed by atoms with van der Waals surface area (Å²) in [7, 11) is -8.05. The van der Waals surface area contributed by atoms with Crippen LogP contribution in [0.1, 0.15) is 0 Å². The molecule has 0 aliphatic carbocycles. The Hall–Kier alpha value is -3.59. The van der Waals surface area contributed by atoms with Crippen molar-refractivity contribution in [2.45, 2.75) is 13.1 Å². The molecule has 0 saturated heterocycles. The average molecular weight is 613 g/mol. The summed E-state index contributed by atoms with van der Waals surface area (Å²) in [6, 6.07) is 1.96. The number of imidazole rings is 2. The average Bonchev–Trinajstić information content (AvgIpc) is 3.51. The van der Waals surface area contributed by atoms with E-state index >= 15 is 0 Å². The van der Waals surface area contributed by atoms with Gasteiger partial charge in [-0.3, -0.25) is 23.6 Å². The quantitative estimate of drug-likeness (QED) is 0.0488. The zero-order valence-corrected chi connectivity index (χ0v) is 23.4. The van der Waals surface area contributed by atoms with E-state index in [2.05, 4.69) is 35.2 Å². The molecule has 0 atom stereocenters. The van der Waals surface area contributed by atoms with Gasteiger partial charge in [0.1, 0.15) is 0 Å². The maximum absolute atomic E-state index is 11.5. The van der Waals surface area contributed by atoms with E-state index in [9.17, 15) is 18.7 Å². The molecule has 0 aromatic carbocycles. The van der Waals surface area contributed by atoms with Crippen LogP contribution in [0.25, 0.3) is 22.3 Å². The van der Waals surface area contributed by atoms with Gasteiger partial charge in [-0.15, -0.1) is 0 Å². The maximum atomic E-state index is 11.5. The summed E-state index contributed by atoms with van der Waals surface area (Å²) in [5, 5.41) is 11.7. The molecule has 0 bridgehead atoms. The van der Waals surface area contributed by atoms with Gasteiger partial charge in [-0.1, -0.05) is 0 Å². The summed E-state index contributed by atoms with van der Waals surface area (Å²) in [6.45, 7) is 2.18. The van der Waals surface area contributed by atoms with E-state index in [4.69, 9.17) is 24.8 Å². The number of rotatable bonds is 13. The van der Waals surface area contributed by atoms with Gasteiger partial charge < -0.3 is 44.0 Å². The fourth-order valence-corrected chi connectivity index (χ4v) is 4.54. The van der Waals surface area contributed by atoms with Crippen LogP contribution in [0.5, 0.6) is 0 Å². The number of fused-ring (bicyclic) bond motifs is 2. The van der Waals surface area contributed by atoms with Gasteiger partial charge in [0.15, 0.2) is 22.3 Å². The van der Waals surface area contributed by atoms with Crippen molar-refractivity contribution in [2.24, 2.45) is 0 Å². The zero-order chi connectivity index (χ0) is 30.0. The van der Waals surface area contributed by atoms with Gasteiger partial charge in [0.2, 0.25) is 0 Å². The molecule has 0 fully saturated rings. The van der Waals surface area contributed by atoms with Gasteiger partial charge >= 0.3 is 15.2 Å². The van der Waals surface area contributed by atoms with Crippen LogP contribution >= 0.6 is 15.2 Å². The molecule has 7 N–H and O–H groups in total. The Morgan fingerprint density at radius 2 is 1.37 bits per heavy atom. The van der Waals surface area contributed by atoms with Gasteiger partial charge in [0, 0.05) is 39.3 Å². The number of hydrogen-bond donors (Lipinski definition) is 7. The van der Waals surface area contributed by atoms with Gasteiger partial charge in [0.25, 0.3) is 11.1 Å². The van der Waals surface area contributed by atoms with Crippen LogP contribution in [-0.2, 0) is 22.2 Å². The van der Waals surface area contributed by atoms with E-state index in [0.29, 0.717) is 37.5 Å². The van der Waals surface area contributed by atoms with E-state index < -0.39 is 15.2 Å². The first-order chi connectivity index (χ1) is 19.4. The Kier molecular flexibility index (Phi) is 11.2. The fourth-order valence-electron chi connectivity index (χ4n) is 3.55. The second-order valence-electron chi connectivity index (χ2n) is 8.64. The Morgan fingerprint density at radius 1 is 0.829 bits per heavy atom. The molecule has 222 valence electrons. The third-order valence-electron chi connectivity index (χ3n) is 5.58. The molecule has 4 rings (SSSR count). The standard InChI is InChI=1S/C11H15N6O4P.C9H14N5O4P/c12-1-2-16(5-6-22(19,20)21)3-4-17-8-15-9-10(17)13-7-14-11(9)18;15-9-7-8(11-5-12-9)14(6-13-7)3-1-10-2-4-19(16,17)18/h7-8H,2-6H2,(H,13,14,18)(H2,19,20,21);5-6,10H,1-4H2,(H,11,12,15)(H2,16,17,18). The molecule has 4 heterocycles. The van der Waals surface area contributed by atoms with E-state index in [1.54, 1.807) is 14.0 Å². The lowest BCUT2D eigenvalue weighted by Crippen LogP contribution is -2.30. The van der Waals surface area contributed by atoms with Gasteiger partial charge in [-0.2, -0.15) is 5.26 Å². The molecule has 21 heteroatoms. The Morgan fingerprint density at radius 3 is 1.88 bits per heavy atom. The number of hydrogen-bond acceptors (Lipinski definition) is 11. The molecule has 0 radical (unpaired) electrons. The molecule has 41 heavy (non-hydrogen) atoms. The third-order valence-corrected chi connectivity index (χ3v) is 7.17. The van der Waals surface area contributed by atoms with Crippen molar-refractivity contribution in [1.82, 2.24) is 49.3 Å². The van der Waals surface area contributed by atoms with Crippen LogP contribution in [0, 0.1) is 11.3 Å². The van der Waals surface area contributed by atoms with Crippen LogP contribution in [0.2, 0.25) is 0 Å². The third kappa shape index (κ3) is 10.1. The van der Waals surface area contributed by atoms with Crippen molar-refractivity contribution in [3.63, 3.8) is 0 Å². The van der Waals surface area contributed by atoms with Crippen molar-refractivity contribution in [1.29, 1.82) is 5.26 Å². The van der Waals surface area contributed by atoms with E-state index in [1.165, 1.54) is 25.3 Å². The predicted molar refractivity (Wildman–Crippen MR) is 145 cm³/mol. The van der Waals surface area contributed by atoms with Gasteiger partial charge in [-0.25, -0.2) is 19.9 Å². The lowest BCUT2D eigenvalue weighted by Gasteiger charge is -2.19. The van der Waals surface area contributed by atoms with Crippen molar-refractivity contribution < 1.29 is 28.7 Å². The fraction of sp³-hybridized carbons (Fsp3) is 0.450. The van der Waals surface area contributed by atoms with E-state index in [-0.39, 0.29) is 54.1 Å². The second-order valence-corrected chi connectivity index (χ2v) is 12.2. The Balaban J connectivity index is 0.000000228. The summed E-state index contributed by atoms with van der Waals surface area (Å²) in [5.41, 5.74) is 0.788. The predicted octanol–water partition coefficient (Wildman–Crippen LogP) is -1.99. The monoisotopic (exact) mass is 613 g/mol. The van der Waals surface area contributed by atoms with Crippen LogP contribution in [0.15, 0.2) is 34.9 Å². The van der Waals surface area contributed by atoms with Crippen molar-refractivity contribution in [3.05, 3.63) is 46.0 Å². The summed E-state index contributed by atoms with van der Waals surface area (Å²) < 4.78 is 24.9. The minimum Gasteiger partial charge on any atom is -0.324 e. The summed E-state index contributed by atoms with van der Waals surface area (Å²) >= 11 is 0. The first-order valence-corrected chi connectivity index (χ1v) is 15.6. The number of H-pyrrole nitrogens is 2. The SMILES string of the molecule is N#CCN(CCn1cnc2c(=O)[nH]cnc21)CCP(=O)(O)O.O=c1[nH]cnc2c1ncn2CCNCCP(=O)(O)O. The molecule has 0 amide bonds. The zero-order valence-electron chi connectivity index (χ0n) is 21.6. The molecule has 19 nitrogen and oxygen atoms in total. The smallest absolute Gasteiger partial charge is 0.324 e. The first-order valence-electron chi connectivity index (χ1n) is 12.0. The van der Waals surface area contributed by atoms with E-state index in [1.807, 2.05) is 6.07 Å². The van der Waals surface area contributed by atoms with Crippen LogP contribution in [0.3, 0.4) is 0 Å². The first kappa shape index (κ1) is 31.9. The molecular formula is C20H29N11O8P2. The molecule has 0 aliphatic heterocycles. The largest absolute Gasteiger partial charge is 0.326 e. The Bertz CT molecular complexity index is 1700. The van der Waals surface area contributed by atoms with Crippen molar-refractivity contribution in [3.8, 4) is 6.07 Å².